The number of piperidine rings is 1. The molecule has 0 saturated carbocycles. The van der Waals surface area contributed by atoms with E-state index in [9.17, 15) is 8.42 Å². The number of nitrogens with two attached hydrogens (primary N) is 1. The van der Waals surface area contributed by atoms with Crippen LogP contribution in [0.4, 0.5) is 5.82 Å². The van der Waals surface area contributed by atoms with E-state index in [1.165, 1.54) is 21.6 Å². The smallest absolute Gasteiger partial charge is 0.211 e. The molecule has 1 aromatic carbocycles. The monoisotopic (exact) mass is 542 g/mol. The molecule has 4 heterocycles. The third kappa shape index (κ3) is 5.80. The fourth-order valence-corrected chi connectivity index (χ4v) is 6.93. The number of morpholine rings is 1. The van der Waals surface area contributed by atoms with Crippen molar-refractivity contribution in [1.82, 2.24) is 19.2 Å². The van der Waals surface area contributed by atoms with Crippen molar-refractivity contribution in [1.29, 1.82) is 0 Å². The maximum Gasteiger partial charge on any atom is 0.211 e. The third-order valence-electron chi connectivity index (χ3n) is 7.09. The van der Waals surface area contributed by atoms with Gasteiger partial charge in [0.05, 0.1) is 29.7 Å². The molecular formula is C26H34N6O3S2. The maximum absolute atomic E-state index is 12.1. The number of benzene rings is 1. The lowest BCUT2D eigenvalue weighted by molar-refractivity contribution is 0.122. The minimum atomic E-state index is -3.21. The number of hydrogen-bond acceptors (Lipinski definition) is 9. The summed E-state index contributed by atoms with van der Waals surface area (Å²) in [7, 11) is -1.53. The molecule has 0 spiro atoms. The van der Waals surface area contributed by atoms with Gasteiger partial charge in [0.1, 0.15) is 0 Å². The molecule has 198 valence electrons. The lowest BCUT2D eigenvalue weighted by Crippen LogP contribution is -2.47. The number of aromatic nitrogens is 2. The third-order valence-corrected chi connectivity index (χ3v) is 9.54. The van der Waals surface area contributed by atoms with Crippen molar-refractivity contribution in [3.05, 3.63) is 47.0 Å². The van der Waals surface area contributed by atoms with Gasteiger partial charge in [0.15, 0.2) is 11.6 Å². The summed E-state index contributed by atoms with van der Waals surface area (Å²) >= 11 is 1.73. The van der Waals surface area contributed by atoms with Gasteiger partial charge in [0.25, 0.3) is 0 Å². The minimum absolute atomic E-state index is 0.000496. The zero-order chi connectivity index (χ0) is 26.0. The van der Waals surface area contributed by atoms with E-state index in [0.29, 0.717) is 19.0 Å². The fourth-order valence-electron chi connectivity index (χ4n) is 5.06. The molecular weight excluding hydrogens is 508 g/mol. The molecule has 5 rings (SSSR count). The van der Waals surface area contributed by atoms with Gasteiger partial charge in [-0.15, -0.1) is 11.3 Å². The molecule has 37 heavy (non-hydrogen) atoms. The second-order valence-electron chi connectivity index (χ2n) is 9.65. The number of ether oxygens (including phenoxy) is 1. The molecule has 2 aliphatic heterocycles. The van der Waals surface area contributed by atoms with E-state index in [0.717, 1.165) is 72.7 Å². The summed E-state index contributed by atoms with van der Waals surface area (Å²) in [5.41, 5.74) is 8.55. The lowest BCUT2D eigenvalue weighted by atomic mass is 10.1. The minimum Gasteiger partial charge on any atom is -0.405 e. The van der Waals surface area contributed by atoms with E-state index in [4.69, 9.17) is 20.4 Å². The zero-order valence-electron chi connectivity index (χ0n) is 21.3. The molecule has 1 atom stereocenters. The zero-order valence-corrected chi connectivity index (χ0v) is 23.0. The van der Waals surface area contributed by atoms with Crippen LogP contribution in [-0.4, -0.2) is 86.3 Å². The van der Waals surface area contributed by atoms with E-state index >= 15 is 0 Å². The van der Waals surface area contributed by atoms with Gasteiger partial charge in [0.2, 0.25) is 10.0 Å². The quantitative estimate of drug-likeness (QED) is 0.486. The molecule has 2 aliphatic rings. The highest BCUT2D eigenvalue weighted by atomic mass is 32.2. The van der Waals surface area contributed by atoms with Gasteiger partial charge < -0.3 is 15.4 Å². The van der Waals surface area contributed by atoms with E-state index < -0.39 is 10.0 Å². The number of thiophene rings is 1. The standard InChI is InChI=1S/C26H34N6O3S2/c1-30(37(2,33)34)20-7-5-11-31(17-20)18-21-16-23-24(36-21)26(32-12-14-35-15-13-32)29-25(28-23)22-8-4-3-6-19(22)9-10-27/h3-4,6,8-10,16,20H,5,7,11-15,17-18,27H2,1-2H3/b10-9-. The number of hydrogen-bond donors (Lipinski definition) is 1. The van der Waals surface area contributed by atoms with Gasteiger partial charge in [-0.3, -0.25) is 4.90 Å². The topological polar surface area (TPSA) is 105 Å². The van der Waals surface area contributed by atoms with Gasteiger partial charge >= 0.3 is 0 Å². The number of likely N-dealkylation sites (tertiary alicyclic amines) is 1. The molecule has 1 unspecified atom stereocenters. The van der Waals surface area contributed by atoms with Gasteiger partial charge in [0, 0.05) is 49.7 Å². The largest absolute Gasteiger partial charge is 0.405 e. The Morgan fingerprint density at radius 3 is 2.76 bits per heavy atom. The first kappa shape index (κ1) is 26.1. The van der Waals surface area contributed by atoms with E-state index in [-0.39, 0.29) is 6.04 Å². The van der Waals surface area contributed by atoms with Crippen LogP contribution in [0.1, 0.15) is 23.3 Å². The Balaban J connectivity index is 1.49. The average Bonchev–Trinajstić information content (AvgIpc) is 3.30. The molecule has 2 aromatic heterocycles. The molecule has 0 bridgehead atoms. The number of fused-ring (bicyclic) bond motifs is 1. The first-order valence-electron chi connectivity index (χ1n) is 12.6. The Kier molecular flexibility index (Phi) is 7.77. The molecule has 0 amide bonds. The Hall–Kier alpha value is -2.57. The molecule has 2 saturated heterocycles. The van der Waals surface area contributed by atoms with Crippen molar-refractivity contribution >= 4 is 43.5 Å². The van der Waals surface area contributed by atoms with E-state index in [1.54, 1.807) is 18.4 Å². The molecule has 9 nitrogen and oxygen atoms in total. The summed E-state index contributed by atoms with van der Waals surface area (Å²) in [6.45, 7) is 5.37. The van der Waals surface area contributed by atoms with Crippen LogP contribution in [0.2, 0.25) is 0 Å². The lowest BCUT2D eigenvalue weighted by Gasteiger charge is -2.36. The average molecular weight is 543 g/mol. The van der Waals surface area contributed by atoms with Crippen LogP contribution in [-0.2, 0) is 21.3 Å². The van der Waals surface area contributed by atoms with Crippen LogP contribution in [0, 0.1) is 0 Å². The summed E-state index contributed by atoms with van der Waals surface area (Å²) in [5, 5.41) is 0. The Morgan fingerprint density at radius 2 is 2.00 bits per heavy atom. The van der Waals surface area contributed by atoms with Crippen LogP contribution in [0.15, 0.2) is 36.5 Å². The highest BCUT2D eigenvalue weighted by molar-refractivity contribution is 7.88. The number of nitrogens with zero attached hydrogens (tertiary/aromatic N) is 5. The van der Waals surface area contributed by atoms with Crippen LogP contribution in [0.3, 0.4) is 0 Å². The summed E-state index contributed by atoms with van der Waals surface area (Å²) < 4.78 is 32.4. The van der Waals surface area contributed by atoms with E-state index in [2.05, 4.69) is 15.9 Å². The predicted octanol–water partition coefficient (Wildman–Crippen LogP) is 2.98. The van der Waals surface area contributed by atoms with Gasteiger partial charge in [-0.1, -0.05) is 24.3 Å². The van der Waals surface area contributed by atoms with Gasteiger partial charge in [-0.2, -0.15) is 0 Å². The van der Waals surface area contributed by atoms with Crippen LogP contribution >= 0.6 is 11.3 Å². The molecule has 0 aliphatic carbocycles. The highest BCUT2D eigenvalue weighted by Gasteiger charge is 2.28. The van der Waals surface area contributed by atoms with Crippen molar-refractivity contribution in [2.75, 3.05) is 57.6 Å². The molecule has 2 fully saturated rings. The van der Waals surface area contributed by atoms with Crippen molar-refractivity contribution in [3.8, 4) is 11.4 Å². The molecule has 3 aromatic rings. The van der Waals surface area contributed by atoms with Crippen molar-refractivity contribution < 1.29 is 13.2 Å². The number of rotatable bonds is 7. The summed E-state index contributed by atoms with van der Waals surface area (Å²) in [6.07, 6.45) is 6.55. The number of sulfonamides is 1. The normalized spacial score (nSPS) is 19.9. The summed E-state index contributed by atoms with van der Waals surface area (Å²) in [5.74, 6) is 1.62. The van der Waals surface area contributed by atoms with Crippen molar-refractivity contribution in [3.63, 3.8) is 0 Å². The number of likely N-dealkylation sites (N-methyl/N-ethyl adjacent to an activating group) is 1. The van der Waals surface area contributed by atoms with Gasteiger partial charge in [-0.05, 0) is 43.3 Å². The van der Waals surface area contributed by atoms with Gasteiger partial charge in [-0.25, -0.2) is 22.7 Å². The SMILES string of the molecule is CN(C1CCCN(Cc2cc3nc(-c4ccccc4/C=C\N)nc(N4CCOCC4)c3s2)C1)S(C)(=O)=O. The molecule has 11 heteroatoms. The molecule has 0 radical (unpaired) electrons. The molecule has 2 N–H and O–H groups in total. The Morgan fingerprint density at radius 1 is 1.22 bits per heavy atom. The first-order chi connectivity index (χ1) is 17.8. The Bertz CT molecular complexity index is 1380. The fraction of sp³-hybridized carbons (Fsp3) is 0.462. The predicted molar refractivity (Wildman–Crippen MR) is 150 cm³/mol. The van der Waals surface area contributed by atoms with E-state index in [1.807, 2.05) is 30.3 Å². The van der Waals surface area contributed by atoms with Crippen LogP contribution < -0.4 is 10.6 Å². The van der Waals surface area contributed by atoms with Crippen LogP contribution in [0.5, 0.6) is 0 Å². The summed E-state index contributed by atoms with van der Waals surface area (Å²) in [6, 6.07) is 10.2. The van der Waals surface area contributed by atoms with Crippen LogP contribution in [0.25, 0.3) is 27.7 Å². The summed E-state index contributed by atoms with van der Waals surface area (Å²) in [4.78, 5) is 15.9. The second kappa shape index (κ2) is 11.0. The highest BCUT2D eigenvalue weighted by Crippen LogP contribution is 2.36. The maximum atomic E-state index is 12.1. The van der Waals surface area contributed by atoms with Crippen molar-refractivity contribution in [2.45, 2.75) is 25.4 Å². The first-order valence-corrected chi connectivity index (χ1v) is 15.3. The Labute approximate surface area is 222 Å². The second-order valence-corrected chi connectivity index (χ2v) is 12.8. The number of anilines is 1. The van der Waals surface area contributed by atoms with Crippen molar-refractivity contribution in [2.24, 2.45) is 5.73 Å².